The summed E-state index contributed by atoms with van der Waals surface area (Å²) in [4.78, 5) is 13.3. The molecule has 2 fully saturated rings. The van der Waals surface area contributed by atoms with Crippen molar-refractivity contribution in [3.8, 4) is 0 Å². The molecule has 2 aliphatic rings. The van der Waals surface area contributed by atoms with Crippen LogP contribution >= 0.6 is 0 Å². The fourth-order valence-electron chi connectivity index (χ4n) is 10.2. The minimum absolute atomic E-state index is 0.200. The average molecular weight is 1020 g/mol. The van der Waals surface area contributed by atoms with Crippen LogP contribution in [0.2, 0.25) is 0 Å². The topological polar surface area (TPSA) is 228 Å². The van der Waals surface area contributed by atoms with E-state index in [1.54, 1.807) is 0 Å². The van der Waals surface area contributed by atoms with Crippen molar-refractivity contribution in [1.29, 1.82) is 0 Å². The van der Waals surface area contributed by atoms with Gasteiger partial charge in [-0.15, -0.1) is 0 Å². The van der Waals surface area contributed by atoms with Gasteiger partial charge in [-0.05, 0) is 12.8 Å². The summed E-state index contributed by atoms with van der Waals surface area (Å²) in [6, 6.07) is -0.822. The van der Waals surface area contributed by atoms with Gasteiger partial charge < -0.3 is 65.1 Å². The smallest absolute Gasteiger partial charge is 0.220 e. The third kappa shape index (κ3) is 30.4. The highest BCUT2D eigenvalue weighted by atomic mass is 16.7. The van der Waals surface area contributed by atoms with Crippen molar-refractivity contribution < 1.29 is 64.6 Å². The predicted octanol–water partition coefficient (Wildman–Crippen LogP) is 9.73. The molecule has 12 atom stereocenters. The Morgan fingerprint density at radius 3 is 1.20 bits per heavy atom. The van der Waals surface area contributed by atoms with E-state index in [1.807, 2.05) is 0 Å². The van der Waals surface area contributed by atoms with Crippen LogP contribution in [0.4, 0.5) is 0 Å². The second kappa shape index (κ2) is 44.2. The zero-order valence-electron chi connectivity index (χ0n) is 45.2. The molecule has 0 aromatic heterocycles. The van der Waals surface area contributed by atoms with E-state index < -0.39 is 86.8 Å². The first kappa shape index (κ1) is 66.1. The average Bonchev–Trinajstić information content (AvgIpc) is 3.37. The van der Waals surface area contributed by atoms with Crippen LogP contribution in [0.5, 0.6) is 0 Å². The SMILES string of the molecule is CCCCCCCCCCCCCCCCCCCCCCC(=O)N[C@@H](CO[C@@H]1O[C@H](CO)[C@@H](O[C@@H]2O[C@H](CO)[C@H](O)C(O)C2O)C(O)C1O)[C@H](O)CCCCCCCCCCCCCCCCCCC. The van der Waals surface area contributed by atoms with E-state index >= 15 is 0 Å². The minimum atomic E-state index is -1.78. The van der Waals surface area contributed by atoms with Crippen LogP contribution in [0.3, 0.4) is 0 Å². The lowest BCUT2D eigenvalue weighted by molar-refractivity contribution is -0.359. The van der Waals surface area contributed by atoms with E-state index in [4.69, 9.17) is 18.9 Å². The van der Waals surface area contributed by atoms with E-state index in [2.05, 4.69) is 19.2 Å². The molecular formula is C57H111NO13. The van der Waals surface area contributed by atoms with Crippen LogP contribution in [0.15, 0.2) is 0 Å². The Morgan fingerprint density at radius 2 is 0.803 bits per heavy atom. The van der Waals surface area contributed by atoms with Gasteiger partial charge in [-0.25, -0.2) is 0 Å². The largest absolute Gasteiger partial charge is 0.394 e. The first-order valence-electron chi connectivity index (χ1n) is 29.8. The summed E-state index contributed by atoms with van der Waals surface area (Å²) in [6.07, 6.45) is 31.0. The monoisotopic (exact) mass is 1020 g/mol. The number of amides is 1. The molecule has 0 radical (unpaired) electrons. The van der Waals surface area contributed by atoms with Crippen LogP contribution in [0.1, 0.15) is 264 Å². The molecule has 71 heavy (non-hydrogen) atoms. The number of aliphatic hydroxyl groups is 8. The van der Waals surface area contributed by atoms with Crippen molar-refractivity contribution in [2.75, 3.05) is 19.8 Å². The number of carbonyl (C=O) groups is 1. The van der Waals surface area contributed by atoms with Crippen LogP contribution in [-0.4, -0.2) is 140 Å². The summed E-state index contributed by atoms with van der Waals surface area (Å²) < 4.78 is 22.8. The number of unbranched alkanes of at least 4 members (excludes halogenated alkanes) is 35. The summed E-state index contributed by atoms with van der Waals surface area (Å²) in [5, 5.41) is 87.2. The third-order valence-electron chi connectivity index (χ3n) is 15.1. The van der Waals surface area contributed by atoms with E-state index in [0.717, 1.165) is 51.4 Å². The zero-order chi connectivity index (χ0) is 51.7. The summed E-state index contributed by atoms with van der Waals surface area (Å²) >= 11 is 0. The fraction of sp³-hybridized carbons (Fsp3) is 0.982. The lowest BCUT2D eigenvalue weighted by Crippen LogP contribution is -2.65. The van der Waals surface area contributed by atoms with E-state index in [9.17, 15) is 45.6 Å². The quantitative estimate of drug-likeness (QED) is 0.0259. The molecule has 422 valence electrons. The molecule has 0 saturated carbocycles. The lowest BCUT2D eigenvalue weighted by Gasteiger charge is -2.46. The molecule has 14 heteroatoms. The summed E-state index contributed by atoms with van der Waals surface area (Å²) in [5.41, 5.74) is 0. The highest BCUT2D eigenvalue weighted by Gasteiger charge is 2.51. The Labute approximate surface area is 432 Å². The number of hydrogen-bond donors (Lipinski definition) is 9. The van der Waals surface area contributed by atoms with Gasteiger partial charge in [-0.2, -0.15) is 0 Å². The number of ether oxygens (including phenoxy) is 4. The molecule has 0 aromatic rings. The summed E-state index contributed by atoms with van der Waals surface area (Å²) in [5.74, 6) is -0.200. The fourth-order valence-corrected chi connectivity index (χ4v) is 10.2. The third-order valence-corrected chi connectivity index (χ3v) is 15.1. The predicted molar refractivity (Wildman–Crippen MR) is 282 cm³/mol. The van der Waals surface area contributed by atoms with Gasteiger partial charge in [0.25, 0.3) is 0 Å². The van der Waals surface area contributed by atoms with Gasteiger partial charge in [0.1, 0.15) is 48.8 Å². The second-order valence-electron chi connectivity index (χ2n) is 21.5. The Morgan fingerprint density at radius 1 is 0.451 bits per heavy atom. The van der Waals surface area contributed by atoms with Crippen molar-refractivity contribution in [3.05, 3.63) is 0 Å². The van der Waals surface area contributed by atoms with Gasteiger partial charge in [0.2, 0.25) is 5.91 Å². The molecule has 2 saturated heterocycles. The Balaban J connectivity index is 1.75. The number of rotatable bonds is 48. The zero-order valence-corrected chi connectivity index (χ0v) is 45.2. The van der Waals surface area contributed by atoms with E-state index in [1.165, 1.54) is 186 Å². The van der Waals surface area contributed by atoms with Crippen molar-refractivity contribution in [2.45, 2.75) is 338 Å². The highest BCUT2D eigenvalue weighted by Crippen LogP contribution is 2.30. The first-order valence-corrected chi connectivity index (χ1v) is 29.8. The molecule has 2 rings (SSSR count). The van der Waals surface area contributed by atoms with Gasteiger partial charge in [0.05, 0.1) is 32.0 Å². The maximum atomic E-state index is 13.3. The van der Waals surface area contributed by atoms with Gasteiger partial charge in [0, 0.05) is 6.42 Å². The van der Waals surface area contributed by atoms with Gasteiger partial charge in [0.15, 0.2) is 12.6 Å². The Hall–Kier alpha value is -1.01. The van der Waals surface area contributed by atoms with Crippen molar-refractivity contribution in [2.24, 2.45) is 0 Å². The molecule has 4 unspecified atom stereocenters. The first-order chi connectivity index (χ1) is 34.6. The molecule has 0 bridgehead atoms. The molecular weight excluding hydrogens is 907 g/mol. The van der Waals surface area contributed by atoms with E-state index in [-0.39, 0.29) is 12.5 Å². The lowest BCUT2D eigenvalue weighted by atomic mass is 9.97. The maximum absolute atomic E-state index is 13.3. The summed E-state index contributed by atoms with van der Waals surface area (Å²) in [7, 11) is 0. The molecule has 2 heterocycles. The van der Waals surface area contributed by atoms with Gasteiger partial charge in [-0.1, -0.05) is 245 Å². The molecule has 1 amide bonds. The Bertz CT molecular complexity index is 1200. The molecule has 0 aliphatic carbocycles. The molecule has 0 aromatic carbocycles. The second-order valence-corrected chi connectivity index (χ2v) is 21.5. The van der Waals surface area contributed by atoms with Crippen LogP contribution in [0.25, 0.3) is 0 Å². The standard InChI is InChI=1S/C57H111NO13/c1-3-5-7-9-11-13-15-17-19-21-22-23-25-27-29-31-33-35-37-39-41-49(62)58-45(46(61)40-38-36-34-32-30-28-26-24-20-18-16-14-12-10-8-6-4-2)44-68-56-54(67)52(65)55(48(43-60)70-56)71-57-53(66)51(64)50(63)47(42-59)69-57/h45-48,50-57,59-61,63-67H,3-44H2,1-2H3,(H,58,62)/t45-,46+,47+,48+,50-,51?,52?,53?,54?,55+,56+,57-/m0/s1. The minimum Gasteiger partial charge on any atom is -0.394 e. The molecule has 9 N–H and O–H groups in total. The molecule has 0 spiro atoms. The Kier molecular flexibility index (Phi) is 41.1. The summed E-state index contributed by atoms with van der Waals surface area (Å²) in [6.45, 7) is 2.90. The van der Waals surface area contributed by atoms with Crippen molar-refractivity contribution in [1.82, 2.24) is 5.32 Å². The van der Waals surface area contributed by atoms with Crippen LogP contribution < -0.4 is 5.32 Å². The number of aliphatic hydroxyl groups excluding tert-OH is 8. The number of hydrogen-bond acceptors (Lipinski definition) is 13. The number of carbonyl (C=O) groups excluding carboxylic acids is 1. The van der Waals surface area contributed by atoms with Gasteiger partial charge >= 0.3 is 0 Å². The van der Waals surface area contributed by atoms with Crippen molar-refractivity contribution in [3.63, 3.8) is 0 Å². The highest BCUT2D eigenvalue weighted by molar-refractivity contribution is 5.76. The van der Waals surface area contributed by atoms with Crippen molar-refractivity contribution >= 4 is 5.91 Å². The van der Waals surface area contributed by atoms with Crippen LogP contribution in [0, 0.1) is 0 Å². The maximum Gasteiger partial charge on any atom is 0.220 e. The molecule has 2 aliphatic heterocycles. The normalized spacial score (nSPS) is 25.7. The number of nitrogens with one attached hydrogen (secondary N) is 1. The van der Waals surface area contributed by atoms with Crippen LogP contribution in [-0.2, 0) is 23.7 Å². The van der Waals surface area contributed by atoms with Gasteiger partial charge in [-0.3, -0.25) is 4.79 Å². The van der Waals surface area contributed by atoms with E-state index in [0.29, 0.717) is 12.8 Å². The molecule has 14 nitrogen and oxygen atoms in total.